The van der Waals surface area contributed by atoms with Gasteiger partial charge >= 0.3 is 0 Å². The number of nitrogens with zero attached hydrogens (tertiary/aromatic N) is 1. The van der Waals surface area contributed by atoms with Crippen LogP contribution in [-0.4, -0.2) is 42.1 Å². The normalized spacial score (nSPS) is 18.5. The van der Waals surface area contributed by atoms with E-state index in [9.17, 15) is 14.4 Å². The summed E-state index contributed by atoms with van der Waals surface area (Å²) in [6, 6.07) is 0. The molecule has 0 aromatic carbocycles. The van der Waals surface area contributed by atoms with Crippen LogP contribution in [0.4, 0.5) is 0 Å². The number of hydrogen-bond donors (Lipinski definition) is 1. The topological polar surface area (TPSA) is 66.5 Å². The second-order valence-electron chi connectivity index (χ2n) is 3.74. The Morgan fingerprint density at radius 1 is 1.36 bits per heavy atom. The predicted octanol–water partition coefficient (Wildman–Crippen LogP) is -0.830. The third kappa shape index (κ3) is 2.92. The lowest BCUT2D eigenvalue weighted by Gasteiger charge is -2.24. The molecule has 1 heterocycles. The maximum absolute atomic E-state index is 11.3. The van der Waals surface area contributed by atoms with Crippen LogP contribution in [0.5, 0.6) is 0 Å². The maximum atomic E-state index is 11.3. The first-order valence-electron chi connectivity index (χ1n) is 4.57. The summed E-state index contributed by atoms with van der Waals surface area (Å²) in [7, 11) is 0. The van der Waals surface area contributed by atoms with E-state index in [1.165, 1.54) is 0 Å². The van der Waals surface area contributed by atoms with E-state index in [1.807, 2.05) is 0 Å². The van der Waals surface area contributed by atoms with Gasteiger partial charge in [-0.3, -0.25) is 24.6 Å². The SMILES string of the molecule is CC(C)C(=O)CN1CC(=O)NC(=O)C1. The van der Waals surface area contributed by atoms with Crippen molar-refractivity contribution in [3.63, 3.8) is 0 Å². The molecule has 0 saturated carbocycles. The average molecular weight is 198 g/mol. The second-order valence-corrected chi connectivity index (χ2v) is 3.74. The fraction of sp³-hybridized carbons (Fsp3) is 0.667. The number of nitrogens with one attached hydrogen (secondary N) is 1. The summed E-state index contributed by atoms with van der Waals surface area (Å²) >= 11 is 0. The summed E-state index contributed by atoms with van der Waals surface area (Å²) in [5, 5.41) is 2.18. The molecular weight excluding hydrogens is 184 g/mol. The molecule has 0 spiro atoms. The molecule has 0 aromatic heterocycles. The number of amides is 2. The van der Waals surface area contributed by atoms with Crippen molar-refractivity contribution >= 4 is 17.6 Å². The van der Waals surface area contributed by atoms with Gasteiger partial charge in [0.05, 0.1) is 19.6 Å². The van der Waals surface area contributed by atoms with Crippen LogP contribution >= 0.6 is 0 Å². The van der Waals surface area contributed by atoms with Crippen LogP contribution in [-0.2, 0) is 14.4 Å². The van der Waals surface area contributed by atoms with Gasteiger partial charge in [0.2, 0.25) is 11.8 Å². The largest absolute Gasteiger partial charge is 0.298 e. The van der Waals surface area contributed by atoms with Gasteiger partial charge in [0.1, 0.15) is 5.78 Å². The van der Waals surface area contributed by atoms with Crippen molar-refractivity contribution in [2.45, 2.75) is 13.8 Å². The number of carbonyl (C=O) groups is 3. The Kier molecular flexibility index (Phi) is 3.35. The summed E-state index contributed by atoms with van der Waals surface area (Å²) < 4.78 is 0. The quantitative estimate of drug-likeness (QED) is 0.601. The summed E-state index contributed by atoms with van der Waals surface area (Å²) in [4.78, 5) is 34.8. The Morgan fingerprint density at radius 2 is 1.86 bits per heavy atom. The maximum Gasteiger partial charge on any atom is 0.240 e. The molecule has 1 fully saturated rings. The first kappa shape index (κ1) is 10.8. The van der Waals surface area contributed by atoms with E-state index in [2.05, 4.69) is 5.32 Å². The van der Waals surface area contributed by atoms with Crippen molar-refractivity contribution < 1.29 is 14.4 Å². The van der Waals surface area contributed by atoms with Gasteiger partial charge in [-0.25, -0.2) is 0 Å². The molecule has 14 heavy (non-hydrogen) atoms. The number of rotatable bonds is 3. The van der Waals surface area contributed by atoms with Crippen molar-refractivity contribution in [3.05, 3.63) is 0 Å². The van der Waals surface area contributed by atoms with E-state index in [-0.39, 0.29) is 43.1 Å². The van der Waals surface area contributed by atoms with Crippen LogP contribution in [0.2, 0.25) is 0 Å². The Bertz CT molecular complexity index is 257. The lowest BCUT2D eigenvalue weighted by Crippen LogP contribution is -2.52. The number of Topliss-reactive ketones (excluding diaryl/α,β-unsaturated/α-hetero) is 1. The summed E-state index contributed by atoms with van der Waals surface area (Å²) in [5.74, 6) is -0.682. The molecular formula is C9H14N2O3. The average Bonchev–Trinajstić information content (AvgIpc) is 2.01. The Balaban J connectivity index is 2.49. The Hall–Kier alpha value is -1.23. The smallest absolute Gasteiger partial charge is 0.240 e. The number of imide groups is 1. The van der Waals surface area contributed by atoms with Gasteiger partial charge in [-0.05, 0) is 0 Å². The molecule has 1 N–H and O–H groups in total. The highest BCUT2D eigenvalue weighted by atomic mass is 16.2. The van der Waals surface area contributed by atoms with Crippen LogP contribution in [0.15, 0.2) is 0 Å². The third-order valence-electron chi connectivity index (χ3n) is 2.04. The van der Waals surface area contributed by atoms with E-state index < -0.39 is 0 Å². The zero-order valence-electron chi connectivity index (χ0n) is 8.37. The van der Waals surface area contributed by atoms with Crippen LogP contribution in [0.25, 0.3) is 0 Å². The van der Waals surface area contributed by atoms with E-state index in [0.717, 1.165) is 0 Å². The minimum absolute atomic E-state index is 0.0486. The molecule has 1 rings (SSSR count). The van der Waals surface area contributed by atoms with Crippen molar-refractivity contribution in [3.8, 4) is 0 Å². The standard InChI is InChI=1S/C9H14N2O3/c1-6(2)7(12)3-11-4-8(13)10-9(14)5-11/h6H,3-5H2,1-2H3,(H,10,13,14). The van der Waals surface area contributed by atoms with Crippen LogP contribution < -0.4 is 5.32 Å². The van der Waals surface area contributed by atoms with E-state index >= 15 is 0 Å². The second kappa shape index (κ2) is 4.32. The fourth-order valence-electron chi connectivity index (χ4n) is 1.21. The first-order chi connectivity index (χ1) is 6.49. The van der Waals surface area contributed by atoms with Crippen LogP contribution in [0.1, 0.15) is 13.8 Å². The third-order valence-corrected chi connectivity index (χ3v) is 2.04. The molecule has 5 heteroatoms. The predicted molar refractivity (Wildman–Crippen MR) is 49.4 cm³/mol. The first-order valence-corrected chi connectivity index (χ1v) is 4.57. The van der Waals surface area contributed by atoms with Crippen LogP contribution in [0.3, 0.4) is 0 Å². The molecule has 1 aliphatic heterocycles. The molecule has 2 amide bonds. The molecule has 0 aromatic rings. The molecule has 1 aliphatic rings. The zero-order valence-corrected chi connectivity index (χ0v) is 8.37. The molecule has 0 bridgehead atoms. The number of ketones is 1. The van der Waals surface area contributed by atoms with E-state index in [1.54, 1.807) is 18.7 Å². The lowest BCUT2D eigenvalue weighted by atomic mass is 10.1. The van der Waals surface area contributed by atoms with Gasteiger partial charge in [0.15, 0.2) is 0 Å². The molecule has 0 atom stereocenters. The van der Waals surface area contributed by atoms with Gasteiger partial charge in [-0.1, -0.05) is 13.8 Å². The van der Waals surface area contributed by atoms with E-state index in [4.69, 9.17) is 0 Å². The van der Waals surface area contributed by atoms with Crippen molar-refractivity contribution in [1.29, 1.82) is 0 Å². The summed E-state index contributed by atoms with van der Waals surface area (Å²) in [5.41, 5.74) is 0. The number of carbonyl (C=O) groups excluding carboxylic acids is 3. The monoisotopic (exact) mass is 198 g/mol. The number of piperazine rings is 1. The minimum atomic E-state index is -0.335. The highest BCUT2D eigenvalue weighted by Gasteiger charge is 2.24. The molecule has 0 unspecified atom stereocenters. The lowest BCUT2D eigenvalue weighted by molar-refractivity contribution is -0.137. The molecule has 0 radical (unpaired) electrons. The Morgan fingerprint density at radius 3 is 2.29 bits per heavy atom. The Labute approximate surface area is 82.4 Å². The van der Waals surface area contributed by atoms with Gasteiger partial charge < -0.3 is 0 Å². The molecule has 1 saturated heterocycles. The van der Waals surface area contributed by atoms with Gasteiger partial charge in [0, 0.05) is 5.92 Å². The van der Waals surface area contributed by atoms with Crippen molar-refractivity contribution in [2.24, 2.45) is 5.92 Å². The van der Waals surface area contributed by atoms with Gasteiger partial charge in [0.25, 0.3) is 0 Å². The zero-order chi connectivity index (χ0) is 10.7. The minimum Gasteiger partial charge on any atom is -0.298 e. The fourth-order valence-corrected chi connectivity index (χ4v) is 1.21. The van der Waals surface area contributed by atoms with Crippen molar-refractivity contribution in [2.75, 3.05) is 19.6 Å². The van der Waals surface area contributed by atoms with Crippen molar-refractivity contribution in [1.82, 2.24) is 10.2 Å². The number of hydrogen-bond acceptors (Lipinski definition) is 4. The summed E-state index contributed by atoms with van der Waals surface area (Å²) in [6.45, 7) is 4.04. The van der Waals surface area contributed by atoms with Crippen LogP contribution in [0, 0.1) is 5.92 Å². The molecule has 0 aliphatic carbocycles. The van der Waals surface area contributed by atoms with Gasteiger partial charge in [-0.15, -0.1) is 0 Å². The summed E-state index contributed by atoms with van der Waals surface area (Å²) in [6.07, 6.45) is 0. The van der Waals surface area contributed by atoms with E-state index in [0.29, 0.717) is 0 Å². The highest BCUT2D eigenvalue weighted by Crippen LogP contribution is 2.00. The molecule has 78 valence electrons. The molecule has 5 nitrogen and oxygen atoms in total. The van der Waals surface area contributed by atoms with Gasteiger partial charge in [-0.2, -0.15) is 0 Å². The highest BCUT2D eigenvalue weighted by molar-refractivity contribution is 5.99.